The van der Waals surface area contributed by atoms with E-state index in [4.69, 9.17) is 14.6 Å². The zero-order valence-corrected chi connectivity index (χ0v) is 10.9. The normalized spacial score (nSPS) is 21.0. The first-order chi connectivity index (χ1) is 9.93. The minimum Gasteiger partial charge on any atom is -0.481 e. The molecule has 1 aromatic carbocycles. The van der Waals surface area contributed by atoms with Crippen molar-refractivity contribution < 1.29 is 33.0 Å². The van der Waals surface area contributed by atoms with Crippen LogP contribution < -0.4 is 10.1 Å². The molecule has 1 aromatic rings. The van der Waals surface area contributed by atoms with Gasteiger partial charge in [0.15, 0.2) is 23.7 Å². The predicted octanol–water partition coefficient (Wildman–Crippen LogP) is 0.704. The van der Waals surface area contributed by atoms with Gasteiger partial charge in [-0.2, -0.15) is 0 Å². The second kappa shape index (κ2) is 6.04. The Hall–Kier alpha value is -2.22. The van der Waals surface area contributed by atoms with Gasteiger partial charge in [0.25, 0.3) is 5.91 Å². The molecule has 0 aromatic heterocycles. The number of carbonyl (C=O) groups excluding carboxylic acids is 1. The summed E-state index contributed by atoms with van der Waals surface area (Å²) in [4.78, 5) is 22.9. The fourth-order valence-corrected chi connectivity index (χ4v) is 1.92. The summed E-state index contributed by atoms with van der Waals surface area (Å²) in [6, 6.07) is 2.65. The van der Waals surface area contributed by atoms with E-state index in [2.05, 4.69) is 5.32 Å². The van der Waals surface area contributed by atoms with E-state index in [1.165, 1.54) is 0 Å². The molecule has 0 bridgehead atoms. The van der Waals surface area contributed by atoms with Crippen LogP contribution in [-0.4, -0.2) is 42.3 Å². The standard InChI is InChI=1S/C13H13F2NO5/c14-8-1-2-10(9(15)5-8)21-6-11(17)16-13(12(18)19)3-4-20-7-13/h1-2,5H,3-4,6-7H2,(H,16,17)(H,18,19). The van der Waals surface area contributed by atoms with Crippen molar-refractivity contribution in [3.05, 3.63) is 29.8 Å². The smallest absolute Gasteiger partial charge is 0.331 e. The highest BCUT2D eigenvalue weighted by Gasteiger charge is 2.43. The number of rotatable bonds is 5. The summed E-state index contributed by atoms with van der Waals surface area (Å²) in [7, 11) is 0. The number of ether oxygens (including phenoxy) is 2. The number of carbonyl (C=O) groups is 2. The predicted molar refractivity (Wildman–Crippen MR) is 65.8 cm³/mol. The van der Waals surface area contributed by atoms with Crippen LogP contribution in [0.4, 0.5) is 8.78 Å². The number of hydrogen-bond donors (Lipinski definition) is 2. The van der Waals surface area contributed by atoms with E-state index >= 15 is 0 Å². The SMILES string of the molecule is O=C(COc1ccc(F)cc1F)NC1(C(=O)O)CCOC1. The number of carboxylic acids is 1. The summed E-state index contributed by atoms with van der Waals surface area (Å²) in [5.74, 6) is -3.94. The van der Waals surface area contributed by atoms with Gasteiger partial charge < -0.3 is 19.9 Å². The molecular weight excluding hydrogens is 288 g/mol. The third kappa shape index (κ3) is 3.46. The van der Waals surface area contributed by atoms with Crippen LogP contribution in [0.2, 0.25) is 0 Å². The lowest BCUT2D eigenvalue weighted by Crippen LogP contribution is -2.56. The molecule has 1 aliphatic heterocycles. The molecule has 8 heteroatoms. The van der Waals surface area contributed by atoms with E-state index < -0.39 is 35.7 Å². The molecule has 1 saturated heterocycles. The lowest BCUT2D eigenvalue weighted by molar-refractivity contribution is -0.148. The Balaban J connectivity index is 1.94. The van der Waals surface area contributed by atoms with E-state index in [1.807, 2.05) is 0 Å². The lowest BCUT2D eigenvalue weighted by Gasteiger charge is -2.23. The molecule has 0 spiro atoms. The van der Waals surface area contributed by atoms with Crippen molar-refractivity contribution in [3.8, 4) is 5.75 Å². The van der Waals surface area contributed by atoms with E-state index in [9.17, 15) is 18.4 Å². The molecule has 21 heavy (non-hydrogen) atoms. The molecule has 1 fully saturated rings. The van der Waals surface area contributed by atoms with Gasteiger partial charge in [-0.05, 0) is 12.1 Å². The van der Waals surface area contributed by atoms with Crippen LogP contribution >= 0.6 is 0 Å². The first-order valence-electron chi connectivity index (χ1n) is 6.13. The summed E-state index contributed by atoms with van der Waals surface area (Å²) >= 11 is 0. The monoisotopic (exact) mass is 301 g/mol. The molecular formula is C13H13F2NO5. The number of nitrogens with one attached hydrogen (secondary N) is 1. The van der Waals surface area contributed by atoms with Crippen molar-refractivity contribution in [1.29, 1.82) is 0 Å². The lowest BCUT2D eigenvalue weighted by atomic mass is 9.99. The Kier molecular flexibility index (Phi) is 4.37. The van der Waals surface area contributed by atoms with Crippen LogP contribution in [0.15, 0.2) is 18.2 Å². The summed E-state index contributed by atoms with van der Waals surface area (Å²) < 4.78 is 35.9. The molecule has 1 amide bonds. The second-order valence-corrected chi connectivity index (χ2v) is 4.60. The van der Waals surface area contributed by atoms with Gasteiger partial charge in [0.2, 0.25) is 0 Å². The average molecular weight is 301 g/mol. The second-order valence-electron chi connectivity index (χ2n) is 4.60. The summed E-state index contributed by atoms with van der Waals surface area (Å²) in [6.07, 6.45) is 0.138. The molecule has 0 saturated carbocycles. The zero-order valence-electron chi connectivity index (χ0n) is 10.9. The summed E-state index contributed by atoms with van der Waals surface area (Å²) in [5, 5.41) is 11.4. The highest BCUT2D eigenvalue weighted by atomic mass is 19.1. The minimum absolute atomic E-state index is 0.138. The van der Waals surface area contributed by atoms with Crippen molar-refractivity contribution in [2.24, 2.45) is 0 Å². The average Bonchev–Trinajstić information content (AvgIpc) is 2.87. The van der Waals surface area contributed by atoms with Crippen molar-refractivity contribution in [2.75, 3.05) is 19.8 Å². The first-order valence-corrected chi connectivity index (χ1v) is 6.13. The van der Waals surface area contributed by atoms with Gasteiger partial charge in [-0.1, -0.05) is 0 Å². The number of halogens is 2. The Morgan fingerprint density at radius 1 is 1.43 bits per heavy atom. The van der Waals surface area contributed by atoms with Gasteiger partial charge in [-0.25, -0.2) is 13.6 Å². The molecule has 2 rings (SSSR count). The van der Waals surface area contributed by atoms with Gasteiger partial charge in [0, 0.05) is 19.1 Å². The maximum Gasteiger partial charge on any atom is 0.331 e. The third-order valence-electron chi connectivity index (χ3n) is 3.06. The first kappa shape index (κ1) is 15.2. The van der Waals surface area contributed by atoms with Crippen molar-refractivity contribution in [2.45, 2.75) is 12.0 Å². The van der Waals surface area contributed by atoms with E-state index in [0.29, 0.717) is 6.07 Å². The molecule has 2 N–H and O–H groups in total. The van der Waals surface area contributed by atoms with Crippen LogP contribution in [0.25, 0.3) is 0 Å². The summed E-state index contributed by atoms with van der Waals surface area (Å²) in [6.45, 7) is -0.503. The number of carboxylic acid groups (broad SMARTS) is 1. The molecule has 6 nitrogen and oxygen atoms in total. The van der Waals surface area contributed by atoms with Crippen LogP contribution in [0, 0.1) is 11.6 Å². The molecule has 0 radical (unpaired) electrons. The van der Waals surface area contributed by atoms with Crippen molar-refractivity contribution in [1.82, 2.24) is 5.32 Å². The van der Waals surface area contributed by atoms with Gasteiger partial charge >= 0.3 is 5.97 Å². The van der Waals surface area contributed by atoms with Crippen LogP contribution in [-0.2, 0) is 14.3 Å². The Bertz CT molecular complexity index is 557. The fourth-order valence-electron chi connectivity index (χ4n) is 1.92. The fraction of sp³-hybridized carbons (Fsp3) is 0.385. The van der Waals surface area contributed by atoms with Crippen molar-refractivity contribution in [3.63, 3.8) is 0 Å². The Morgan fingerprint density at radius 2 is 2.19 bits per heavy atom. The van der Waals surface area contributed by atoms with Gasteiger partial charge in [-0.15, -0.1) is 0 Å². The quantitative estimate of drug-likeness (QED) is 0.836. The molecule has 114 valence electrons. The Labute approximate surface area is 118 Å². The molecule has 1 heterocycles. The van der Waals surface area contributed by atoms with E-state index in [0.717, 1.165) is 12.1 Å². The van der Waals surface area contributed by atoms with Crippen LogP contribution in [0.3, 0.4) is 0 Å². The van der Waals surface area contributed by atoms with E-state index in [1.54, 1.807) is 0 Å². The summed E-state index contributed by atoms with van der Waals surface area (Å²) in [5.41, 5.74) is -1.48. The molecule has 1 aliphatic rings. The topological polar surface area (TPSA) is 84.9 Å². The third-order valence-corrected chi connectivity index (χ3v) is 3.06. The minimum atomic E-state index is -1.48. The van der Waals surface area contributed by atoms with Gasteiger partial charge in [0.1, 0.15) is 5.82 Å². The highest BCUT2D eigenvalue weighted by Crippen LogP contribution is 2.20. The van der Waals surface area contributed by atoms with Crippen LogP contribution in [0.5, 0.6) is 5.75 Å². The number of aliphatic carboxylic acids is 1. The van der Waals surface area contributed by atoms with E-state index in [-0.39, 0.29) is 25.4 Å². The molecule has 1 atom stereocenters. The maximum absolute atomic E-state index is 13.3. The number of benzene rings is 1. The van der Waals surface area contributed by atoms with Gasteiger partial charge in [0.05, 0.1) is 6.61 Å². The molecule has 1 unspecified atom stereocenters. The Morgan fingerprint density at radius 3 is 2.76 bits per heavy atom. The maximum atomic E-state index is 13.3. The largest absolute Gasteiger partial charge is 0.481 e. The highest BCUT2D eigenvalue weighted by molar-refractivity contribution is 5.88. The molecule has 0 aliphatic carbocycles. The zero-order chi connectivity index (χ0) is 15.5. The van der Waals surface area contributed by atoms with Gasteiger partial charge in [-0.3, -0.25) is 4.79 Å². The van der Waals surface area contributed by atoms with Crippen LogP contribution in [0.1, 0.15) is 6.42 Å². The number of hydrogen-bond acceptors (Lipinski definition) is 4. The van der Waals surface area contributed by atoms with Crippen molar-refractivity contribution >= 4 is 11.9 Å². The number of amides is 1.